The first-order valence-electron chi connectivity index (χ1n) is 7.58. The Bertz CT molecular complexity index is 771. The van der Waals surface area contributed by atoms with Crippen LogP contribution >= 0.6 is 0 Å². The number of rotatable bonds is 7. The van der Waals surface area contributed by atoms with Crippen LogP contribution in [-0.4, -0.2) is 25.0 Å². The molecule has 0 saturated heterocycles. The average Bonchev–Trinajstić information content (AvgIpc) is 3.33. The van der Waals surface area contributed by atoms with Crippen molar-refractivity contribution in [2.75, 3.05) is 11.3 Å². The molecule has 0 amide bonds. The molecule has 2 aromatic rings. The number of aromatic nitrogens is 2. The lowest BCUT2D eigenvalue weighted by Crippen LogP contribution is -2.15. The first-order chi connectivity index (χ1) is 11.0. The predicted molar refractivity (Wildman–Crippen MR) is 86.9 cm³/mol. The van der Waals surface area contributed by atoms with Crippen molar-refractivity contribution in [1.29, 1.82) is 0 Å². The van der Waals surface area contributed by atoms with E-state index in [9.17, 15) is 8.42 Å². The molecule has 1 N–H and O–H groups in total. The molecule has 1 fully saturated rings. The van der Waals surface area contributed by atoms with E-state index in [1.54, 1.807) is 24.3 Å². The molecule has 122 valence electrons. The molecule has 1 aliphatic carbocycles. The maximum Gasteiger partial charge on any atom is 0.263 e. The van der Waals surface area contributed by atoms with Gasteiger partial charge in [-0.1, -0.05) is 30.5 Å². The van der Waals surface area contributed by atoms with Crippen LogP contribution in [0.5, 0.6) is 5.88 Å². The van der Waals surface area contributed by atoms with Crippen molar-refractivity contribution in [3.05, 3.63) is 42.2 Å². The summed E-state index contributed by atoms with van der Waals surface area (Å²) >= 11 is 0. The minimum atomic E-state index is -3.71. The van der Waals surface area contributed by atoms with Gasteiger partial charge < -0.3 is 4.74 Å². The molecule has 23 heavy (non-hydrogen) atoms. The van der Waals surface area contributed by atoms with Crippen molar-refractivity contribution >= 4 is 15.8 Å². The number of sulfonamides is 1. The number of benzene rings is 1. The van der Waals surface area contributed by atoms with Crippen LogP contribution in [0, 0.1) is 12.8 Å². The lowest BCUT2D eigenvalue weighted by molar-refractivity contribution is 0.292. The molecule has 1 heterocycles. The third kappa shape index (κ3) is 4.19. The van der Waals surface area contributed by atoms with Gasteiger partial charge in [-0.25, -0.2) is 18.4 Å². The van der Waals surface area contributed by atoms with Crippen LogP contribution in [0.2, 0.25) is 0 Å². The summed E-state index contributed by atoms with van der Waals surface area (Å²) in [4.78, 5) is 8.30. The van der Waals surface area contributed by atoms with Gasteiger partial charge in [-0.3, -0.25) is 4.72 Å². The molecule has 0 spiro atoms. The second-order valence-electron chi connectivity index (χ2n) is 5.71. The average molecular weight is 333 g/mol. The number of nitrogens with zero attached hydrogens (tertiary/aromatic N) is 2. The summed E-state index contributed by atoms with van der Waals surface area (Å²) in [5.41, 5.74) is 0.993. The Balaban J connectivity index is 1.74. The lowest BCUT2D eigenvalue weighted by Gasteiger charge is -2.11. The highest BCUT2D eigenvalue weighted by molar-refractivity contribution is 7.92. The first kappa shape index (κ1) is 15.7. The Morgan fingerprint density at radius 3 is 2.57 bits per heavy atom. The summed E-state index contributed by atoms with van der Waals surface area (Å²) in [5.74, 6) is 1.06. The number of ether oxygens (including phenoxy) is 1. The van der Waals surface area contributed by atoms with Crippen molar-refractivity contribution in [3.8, 4) is 5.88 Å². The smallest absolute Gasteiger partial charge is 0.263 e. The highest BCUT2D eigenvalue weighted by atomic mass is 32.2. The van der Waals surface area contributed by atoms with Crippen molar-refractivity contribution < 1.29 is 13.2 Å². The third-order valence-electron chi connectivity index (χ3n) is 3.69. The molecule has 0 bridgehead atoms. The lowest BCUT2D eigenvalue weighted by atomic mass is 10.2. The predicted octanol–water partition coefficient (Wildman–Crippen LogP) is 2.76. The van der Waals surface area contributed by atoms with E-state index >= 15 is 0 Å². The van der Waals surface area contributed by atoms with Crippen LogP contribution in [0.15, 0.2) is 41.6 Å². The molecule has 0 aliphatic heterocycles. The van der Waals surface area contributed by atoms with E-state index in [4.69, 9.17) is 4.74 Å². The standard InChI is InChI=1S/C16H19N3O3S/c1-12-2-6-14(7-3-12)23(20,21)19-15-16(18-10-9-17-15)22-11-8-13-4-5-13/h2-3,6-7,9-10,13H,4-5,8,11H2,1H3,(H,17,19). The molecular weight excluding hydrogens is 314 g/mol. The molecule has 7 heteroatoms. The van der Waals surface area contributed by atoms with Gasteiger partial charge in [-0.05, 0) is 31.4 Å². The van der Waals surface area contributed by atoms with E-state index < -0.39 is 10.0 Å². The zero-order valence-electron chi connectivity index (χ0n) is 12.9. The van der Waals surface area contributed by atoms with Gasteiger partial charge >= 0.3 is 0 Å². The van der Waals surface area contributed by atoms with E-state index in [0.29, 0.717) is 6.61 Å². The highest BCUT2D eigenvalue weighted by Gasteiger charge is 2.22. The van der Waals surface area contributed by atoms with Gasteiger partial charge in [0.15, 0.2) is 0 Å². The number of aryl methyl sites for hydroxylation is 1. The topological polar surface area (TPSA) is 81.2 Å². The number of hydrogen-bond acceptors (Lipinski definition) is 5. The summed E-state index contributed by atoms with van der Waals surface area (Å²) in [6.07, 6.45) is 6.37. The Morgan fingerprint density at radius 2 is 1.87 bits per heavy atom. The fraction of sp³-hybridized carbons (Fsp3) is 0.375. The molecule has 1 aliphatic rings. The Kier molecular flexibility index (Phi) is 4.47. The normalized spacial score (nSPS) is 14.5. The SMILES string of the molecule is Cc1ccc(S(=O)(=O)Nc2nccnc2OCCC2CC2)cc1. The summed E-state index contributed by atoms with van der Waals surface area (Å²) in [5, 5.41) is 0. The second kappa shape index (κ2) is 6.54. The number of anilines is 1. The molecule has 1 aromatic heterocycles. The zero-order valence-corrected chi connectivity index (χ0v) is 13.7. The molecule has 6 nitrogen and oxygen atoms in total. The summed E-state index contributed by atoms with van der Waals surface area (Å²) in [7, 11) is -3.71. The van der Waals surface area contributed by atoms with Crippen molar-refractivity contribution in [2.45, 2.75) is 31.1 Å². The van der Waals surface area contributed by atoms with E-state index in [1.807, 2.05) is 6.92 Å². The largest absolute Gasteiger partial charge is 0.475 e. The van der Waals surface area contributed by atoms with Crippen LogP contribution in [-0.2, 0) is 10.0 Å². The van der Waals surface area contributed by atoms with Gasteiger partial charge in [-0.15, -0.1) is 0 Å². The van der Waals surface area contributed by atoms with E-state index in [2.05, 4.69) is 14.7 Å². The third-order valence-corrected chi connectivity index (χ3v) is 5.04. The fourth-order valence-corrected chi connectivity index (χ4v) is 3.14. The van der Waals surface area contributed by atoms with Crippen molar-refractivity contribution in [2.24, 2.45) is 5.92 Å². The zero-order chi connectivity index (χ0) is 16.3. The summed E-state index contributed by atoms with van der Waals surface area (Å²) < 4.78 is 32.9. The first-order valence-corrected chi connectivity index (χ1v) is 9.06. The molecular formula is C16H19N3O3S. The molecule has 0 unspecified atom stereocenters. The van der Waals surface area contributed by atoms with E-state index in [0.717, 1.165) is 17.9 Å². The monoisotopic (exact) mass is 333 g/mol. The summed E-state index contributed by atoms with van der Waals surface area (Å²) in [6, 6.07) is 6.61. The minimum absolute atomic E-state index is 0.115. The molecule has 3 rings (SSSR count). The summed E-state index contributed by atoms with van der Waals surface area (Å²) in [6.45, 7) is 2.42. The maximum atomic E-state index is 12.4. The van der Waals surface area contributed by atoms with Gasteiger partial charge in [0.2, 0.25) is 5.82 Å². The van der Waals surface area contributed by atoms with Crippen LogP contribution < -0.4 is 9.46 Å². The van der Waals surface area contributed by atoms with Crippen LogP contribution in [0.3, 0.4) is 0 Å². The maximum absolute atomic E-state index is 12.4. The quantitative estimate of drug-likeness (QED) is 0.842. The Hall–Kier alpha value is -2.15. The van der Waals surface area contributed by atoms with Gasteiger partial charge in [0.05, 0.1) is 11.5 Å². The Labute approximate surface area is 136 Å². The molecule has 1 saturated carbocycles. The highest BCUT2D eigenvalue weighted by Crippen LogP contribution is 2.32. The van der Waals surface area contributed by atoms with Gasteiger partial charge in [0.1, 0.15) is 0 Å². The van der Waals surface area contributed by atoms with Gasteiger partial charge in [0.25, 0.3) is 15.9 Å². The Morgan fingerprint density at radius 1 is 1.17 bits per heavy atom. The number of nitrogens with one attached hydrogen (secondary N) is 1. The van der Waals surface area contributed by atoms with Crippen molar-refractivity contribution in [1.82, 2.24) is 9.97 Å². The van der Waals surface area contributed by atoms with Gasteiger partial charge in [0, 0.05) is 12.4 Å². The number of hydrogen-bond donors (Lipinski definition) is 1. The fourth-order valence-electron chi connectivity index (χ4n) is 2.13. The van der Waals surface area contributed by atoms with Crippen LogP contribution in [0.1, 0.15) is 24.8 Å². The minimum Gasteiger partial charge on any atom is -0.475 e. The molecule has 1 aromatic carbocycles. The molecule has 0 radical (unpaired) electrons. The molecule has 0 atom stereocenters. The second-order valence-corrected chi connectivity index (χ2v) is 7.39. The van der Waals surface area contributed by atoms with Crippen molar-refractivity contribution in [3.63, 3.8) is 0 Å². The van der Waals surface area contributed by atoms with Crippen LogP contribution in [0.25, 0.3) is 0 Å². The van der Waals surface area contributed by atoms with Crippen LogP contribution in [0.4, 0.5) is 5.82 Å². The van der Waals surface area contributed by atoms with E-state index in [1.165, 1.54) is 25.2 Å². The van der Waals surface area contributed by atoms with Gasteiger partial charge in [-0.2, -0.15) is 0 Å². The van der Waals surface area contributed by atoms with E-state index in [-0.39, 0.29) is 16.6 Å².